The molecule has 154 valence electrons. The van der Waals surface area contributed by atoms with Crippen LogP contribution < -0.4 is 16.4 Å². The molecule has 1 saturated heterocycles. The van der Waals surface area contributed by atoms with Crippen molar-refractivity contribution in [1.82, 2.24) is 10.3 Å². The molecule has 30 heavy (non-hydrogen) atoms. The molecule has 1 aromatic heterocycles. The summed E-state index contributed by atoms with van der Waals surface area (Å²) in [5, 5.41) is 15.9. The Labute approximate surface area is 178 Å². The number of nitrogens with two attached hydrogens (primary N) is 1. The van der Waals surface area contributed by atoms with Crippen molar-refractivity contribution in [2.75, 3.05) is 24.1 Å². The number of anilines is 2. The summed E-state index contributed by atoms with van der Waals surface area (Å²) in [4.78, 5) is 4.34. The monoisotopic (exact) mass is 399 g/mol. The molecular formula is C25H29N5. The van der Waals surface area contributed by atoms with Crippen LogP contribution in [0.15, 0.2) is 60.8 Å². The summed E-state index contributed by atoms with van der Waals surface area (Å²) < 4.78 is 0. The minimum atomic E-state index is 0.381. The standard InChI is InChI=1S/C25H29N5/c1-17-16-29-25(27)22(24(17)30-21-11-13-28-14-12-21)23(26)20-9-7-19(8-10-20)15-18-5-3-2-4-6-18/h2-10,16,21,26,28H,11-15H2,1H3,(H3,27,29,30). The van der Waals surface area contributed by atoms with Gasteiger partial charge in [-0.2, -0.15) is 0 Å². The van der Waals surface area contributed by atoms with Crippen molar-refractivity contribution in [2.45, 2.75) is 32.2 Å². The summed E-state index contributed by atoms with van der Waals surface area (Å²) in [5.74, 6) is 0.399. The molecule has 3 aromatic rings. The van der Waals surface area contributed by atoms with Gasteiger partial charge in [-0.1, -0.05) is 54.6 Å². The maximum atomic E-state index is 8.89. The topological polar surface area (TPSA) is 86.8 Å². The number of pyridine rings is 1. The second-order valence-electron chi connectivity index (χ2n) is 7.98. The zero-order chi connectivity index (χ0) is 20.9. The number of hydrogen-bond donors (Lipinski definition) is 4. The molecule has 0 radical (unpaired) electrons. The normalized spacial score (nSPS) is 14.4. The molecule has 0 bridgehead atoms. The Morgan fingerprint density at radius 1 is 1.07 bits per heavy atom. The molecule has 1 aliphatic heterocycles. The highest BCUT2D eigenvalue weighted by Crippen LogP contribution is 2.29. The van der Waals surface area contributed by atoms with Crippen LogP contribution in [0.25, 0.3) is 0 Å². The fourth-order valence-corrected chi connectivity index (χ4v) is 4.00. The van der Waals surface area contributed by atoms with Gasteiger partial charge in [0.25, 0.3) is 0 Å². The van der Waals surface area contributed by atoms with E-state index in [9.17, 15) is 0 Å². The molecule has 2 aromatic carbocycles. The van der Waals surface area contributed by atoms with Crippen molar-refractivity contribution in [1.29, 1.82) is 5.41 Å². The van der Waals surface area contributed by atoms with Gasteiger partial charge in [-0.05, 0) is 56.0 Å². The average molecular weight is 400 g/mol. The number of aryl methyl sites for hydroxylation is 1. The first-order chi connectivity index (χ1) is 14.6. The van der Waals surface area contributed by atoms with Crippen LogP contribution in [0.1, 0.15) is 40.7 Å². The number of benzene rings is 2. The Morgan fingerprint density at radius 2 is 1.73 bits per heavy atom. The van der Waals surface area contributed by atoms with E-state index in [0.717, 1.165) is 49.2 Å². The van der Waals surface area contributed by atoms with Crippen LogP contribution in [-0.4, -0.2) is 29.8 Å². The smallest absolute Gasteiger partial charge is 0.134 e. The fraction of sp³-hybridized carbons (Fsp3) is 0.280. The number of piperidine rings is 1. The van der Waals surface area contributed by atoms with Crippen LogP contribution in [0.4, 0.5) is 11.5 Å². The number of aromatic nitrogens is 1. The van der Waals surface area contributed by atoms with Gasteiger partial charge in [0.15, 0.2) is 0 Å². The summed E-state index contributed by atoms with van der Waals surface area (Å²) in [7, 11) is 0. The maximum absolute atomic E-state index is 8.89. The molecule has 5 N–H and O–H groups in total. The van der Waals surface area contributed by atoms with E-state index in [1.165, 1.54) is 11.1 Å². The quantitative estimate of drug-likeness (QED) is 0.469. The van der Waals surface area contributed by atoms with E-state index in [4.69, 9.17) is 11.1 Å². The summed E-state index contributed by atoms with van der Waals surface area (Å²) >= 11 is 0. The number of nitrogens with zero attached hydrogens (tertiary/aromatic N) is 1. The third-order valence-electron chi connectivity index (χ3n) is 5.73. The van der Waals surface area contributed by atoms with Gasteiger partial charge in [-0.25, -0.2) is 4.98 Å². The van der Waals surface area contributed by atoms with E-state index in [0.29, 0.717) is 23.1 Å². The number of hydrogen-bond acceptors (Lipinski definition) is 5. The first-order valence-corrected chi connectivity index (χ1v) is 10.6. The van der Waals surface area contributed by atoms with E-state index in [1.807, 2.05) is 25.1 Å². The molecule has 0 atom stereocenters. The minimum absolute atomic E-state index is 0.381. The number of rotatable bonds is 6. The molecule has 1 aliphatic rings. The number of nitrogens with one attached hydrogen (secondary N) is 3. The molecule has 0 unspecified atom stereocenters. The predicted octanol–water partition coefficient (Wildman–Crippen LogP) is 4.14. The summed E-state index contributed by atoms with van der Waals surface area (Å²) in [6.45, 7) is 4.04. The van der Waals surface area contributed by atoms with E-state index in [1.54, 1.807) is 6.20 Å². The van der Waals surface area contributed by atoms with Crippen molar-refractivity contribution >= 4 is 17.2 Å². The van der Waals surface area contributed by atoms with Crippen LogP contribution >= 0.6 is 0 Å². The van der Waals surface area contributed by atoms with E-state index < -0.39 is 0 Å². The maximum Gasteiger partial charge on any atom is 0.134 e. The molecule has 2 heterocycles. The van der Waals surface area contributed by atoms with Crippen LogP contribution in [0.3, 0.4) is 0 Å². The van der Waals surface area contributed by atoms with Crippen molar-refractivity contribution < 1.29 is 0 Å². The molecule has 5 nitrogen and oxygen atoms in total. The van der Waals surface area contributed by atoms with E-state index >= 15 is 0 Å². The van der Waals surface area contributed by atoms with Gasteiger partial charge >= 0.3 is 0 Å². The van der Waals surface area contributed by atoms with Gasteiger partial charge < -0.3 is 16.4 Å². The lowest BCUT2D eigenvalue weighted by atomic mass is 9.96. The Bertz CT molecular complexity index is 1010. The molecule has 1 fully saturated rings. The van der Waals surface area contributed by atoms with Gasteiger partial charge in [-0.15, -0.1) is 0 Å². The molecule has 0 amide bonds. The lowest BCUT2D eigenvalue weighted by Crippen LogP contribution is -2.36. The highest BCUT2D eigenvalue weighted by atomic mass is 15.0. The van der Waals surface area contributed by atoms with E-state index in [2.05, 4.69) is 52.0 Å². The Kier molecular flexibility index (Phi) is 6.10. The summed E-state index contributed by atoms with van der Waals surface area (Å²) in [6, 6.07) is 19.0. The van der Waals surface area contributed by atoms with Crippen molar-refractivity contribution in [3.8, 4) is 0 Å². The molecule has 5 heteroatoms. The van der Waals surface area contributed by atoms with Crippen LogP contribution in [0.2, 0.25) is 0 Å². The Balaban J connectivity index is 1.58. The second kappa shape index (κ2) is 9.09. The van der Waals surface area contributed by atoms with Crippen LogP contribution in [-0.2, 0) is 6.42 Å². The van der Waals surface area contributed by atoms with Crippen LogP contribution in [0.5, 0.6) is 0 Å². The molecule has 0 saturated carbocycles. The largest absolute Gasteiger partial charge is 0.383 e. The van der Waals surface area contributed by atoms with Crippen LogP contribution in [0, 0.1) is 12.3 Å². The van der Waals surface area contributed by atoms with Crippen molar-refractivity contribution in [2.24, 2.45) is 0 Å². The average Bonchev–Trinajstić information content (AvgIpc) is 2.78. The van der Waals surface area contributed by atoms with Gasteiger partial charge in [-0.3, -0.25) is 5.41 Å². The lowest BCUT2D eigenvalue weighted by molar-refractivity contribution is 0.479. The third-order valence-corrected chi connectivity index (χ3v) is 5.73. The Morgan fingerprint density at radius 3 is 2.43 bits per heavy atom. The zero-order valence-corrected chi connectivity index (χ0v) is 17.4. The van der Waals surface area contributed by atoms with Gasteiger partial charge in [0, 0.05) is 17.8 Å². The predicted molar refractivity (Wildman–Crippen MR) is 125 cm³/mol. The second-order valence-corrected chi connectivity index (χ2v) is 7.98. The van der Waals surface area contributed by atoms with Gasteiger partial charge in [0.2, 0.25) is 0 Å². The highest BCUT2D eigenvalue weighted by molar-refractivity contribution is 6.17. The molecule has 0 spiro atoms. The van der Waals surface area contributed by atoms with E-state index in [-0.39, 0.29) is 0 Å². The highest BCUT2D eigenvalue weighted by Gasteiger charge is 2.21. The Hall–Kier alpha value is -3.18. The fourth-order valence-electron chi connectivity index (χ4n) is 4.00. The summed E-state index contributed by atoms with van der Waals surface area (Å²) in [5.41, 5.74) is 12.7. The SMILES string of the molecule is Cc1cnc(N)c(C(=N)c2ccc(Cc3ccccc3)cc2)c1NC1CCNCC1. The third kappa shape index (κ3) is 4.52. The molecule has 4 rings (SSSR count). The zero-order valence-electron chi connectivity index (χ0n) is 17.4. The lowest BCUT2D eigenvalue weighted by Gasteiger charge is -2.27. The van der Waals surface area contributed by atoms with Crippen molar-refractivity contribution in [3.05, 3.63) is 88.6 Å². The first-order valence-electron chi connectivity index (χ1n) is 10.6. The van der Waals surface area contributed by atoms with Gasteiger partial charge in [0.05, 0.1) is 17.0 Å². The number of nitrogen functional groups attached to an aromatic ring is 1. The van der Waals surface area contributed by atoms with Gasteiger partial charge in [0.1, 0.15) is 5.82 Å². The summed E-state index contributed by atoms with van der Waals surface area (Å²) in [6.07, 6.45) is 4.79. The minimum Gasteiger partial charge on any atom is -0.383 e. The first kappa shape index (κ1) is 20.1. The molecular weight excluding hydrogens is 370 g/mol. The van der Waals surface area contributed by atoms with Crippen molar-refractivity contribution in [3.63, 3.8) is 0 Å². The molecule has 0 aliphatic carbocycles.